The van der Waals surface area contributed by atoms with Gasteiger partial charge in [0.05, 0.1) is 31.4 Å². The van der Waals surface area contributed by atoms with Crippen molar-refractivity contribution in [2.75, 3.05) is 25.6 Å². The molecule has 10 heteroatoms. The first kappa shape index (κ1) is 24.0. The molecule has 180 valence electrons. The SMILES string of the molecule is CCOC(=O)c1nn(-c2ccc(OC)cc2)c(=O)c2c(NC(=O)c3ccc(OCC)cc3)scc12. The molecule has 0 unspecified atom stereocenters. The molecule has 4 rings (SSSR count). The van der Waals surface area contributed by atoms with Crippen molar-refractivity contribution in [2.24, 2.45) is 0 Å². The van der Waals surface area contributed by atoms with Crippen LogP contribution in [0.2, 0.25) is 0 Å². The summed E-state index contributed by atoms with van der Waals surface area (Å²) in [4.78, 5) is 39.1. The number of methoxy groups -OCH3 is 1. The van der Waals surface area contributed by atoms with Crippen molar-refractivity contribution in [3.05, 3.63) is 75.5 Å². The summed E-state index contributed by atoms with van der Waals surface area (Å²) in [7, 11) is 1.54. The van der Waals surface area contributed by atoms with Crippen molar-refractivity contribution in [3.63, 3.8) is 0 Å². The Morgan fingerprint density at radius 3 is 2.31 bits per heavy atom. The number of amides is 1. The molecule has 0 aliphatic heterocycles. The van der Waals surface area contributed by atoms with Gasteiger partial charge in [-0.05, 0) is 62.4 Å². The fraction of sp³-hybridized carbons (Fsp3) is 0.200. The molecule has 2 aromatic heterocycles. The van der Waals surface area contributed by atoms with Crippen LogP contribution in [-0.2, 0) is 4.74 Å². The van der Waals surface area contributed by atoms with Gasteiger partial charge in [-0.1, -0.05) is 0 Å². The zero-order valence-corrected chi connectivity index (χ0v) is 20.2. The third-order valence-electron chi connectivity index (χ3n) is 5.09. The van der Waals surface area contributed by atoms with Gasteiger partial charge in [0.2, 0.25) is 0 Å². The molecule has 0 saturated heterocycles. The lowest BCUT2D eigenvalue weighted by Crippen LogP contribution is -2.25. The van der Waals surface area contributed by atoms with E-state index in [0.717, 1.165) is 16.0 Å². The standard InChI is InChI=1S/C25H23N3O6S/c1-4-33-18-10-6-15(7-11-18)22(29)26-23-20-19(14-35-23)21(25(31)34-5-2)27-28(24(20)30)16-8-12-17(32-3)13-9-16/h6-14H,4-5H2,1-3H3,(H,26,29). The van der Waals surface area contributed by atoms with E-state index in [1.54, 1.807) is 60.8 Å². The summed E-state index contributed by atoms with van der Waals surface area (Å²) >= 11 is 1.13. The van der Waals surface area contributed by atoms with E-state index in [1.807, 2.05) is 6.92 Å². The molecule has 2 heterocycles. The Morgan fingerprint density at radius 1 is 1.00 bits per heavy atom. The number of nitrogens with zero attached hydrogens (tertiary/aromatic N) is 2. The number of rotatable bonds is 8. The number of benzene rings is 2. The molecule has 0 radical (unpaired) electrons. The number of esters is 1. The van der Waals surface area contributed by atoms with Gasteiger partial charge in [0.25, 0.3) is 11.5 Å². The van der Waals surface area contributed by atoms with E-state index >= 15 is 0 Å². The number of hydrogen-bond donors (Lipinski definition) is 1. The third-order valence-corrected chi connectivity index (χ3v) is 5.99. The first-order valence-electron chi connectivity index (χ1n) is 10.9. The number of hydrogen-bond acceptors (Lipinski definition) is 8. The molecule has 0 fully saturated rings. The topological polar surface area (TPSA) is 109 Å². The Kier molecular flexibility index (Phi) is 7.11. The Balaban J connectivity index is 1.79. The average Bonchev–Trinajstić information content (AvgIpc) is 3.29. The largest absolute Gasteiger partial charge is 0.497 e. The van der Waals surface area contributed by atoms with Crippen molar-refractivity contribution in [1.82, 2.24) is 9.78 Å². The lowest BCUT2D eigenvalue weighted by atomic mass is 10.2. The maximum Gasteiger partial charge on any atom is 0.359 e. The molecular formula is C25H23N3O6S. The molecule has 2 aromatic carbocycles. The highest BCUT2D eigenvalue weighted by Crippen LogP contribution is 2.31. The minimum Gasteiger partial charge on any atom is -0.497 e. The van der Waals surface area contributed by atoms with Gasteiger partial charge in [0.1, 0.15) is 16.5 Å². The fourth-order valence-corrected chi connectivity index (χ4v) is 4.37. The highest BCUT2D eigenvalue weighted by atomic mass is 32.1. The maximum atomic E-state index is 13.5. The summed E-state index contributed by atoms with van der Waals surface area (Å²) in [6.45, 7) is 4.23. The Bertz CT molecular complexity index is 1420. The quantitative estimate of drug-likeness (QED) is 0.365. The van der Waals surface area contributed by atoms with Crippen LogP contribution in [0.5, 0.6) is 11.5 Å². The molecule has 0 saturated carbocycles. The number of ether oxygens (including phenoxy) is 3. The number of thiophene rings is 1. The monoisotopic (exact) mass is 493 g/mol. The van der Waals surface area contributed by atoms with Crippen molar-refractivity contribution in [3.8, 4) is 17.2 Å². The number of nitrogens with one attached hydrogen (secondary N) is 1. The van der Waals surface area contributed by atoms with Crippen molar-refractivity contribution in [2.45, 2.75) is 13.8 Å². The van der Waals surface area contributed by atoms with Gasteiger partial charge in [-0.3, -0.25) is 9.59 Å². The summed E-state index contributed by atoms with van der Waals surface area (Å²) in [6.07, 6.45) is 0. The second-order valence-corrected chi connectivity index (χ2v) is 8.13. The predicted octanol–water partition coefficient (Wildman–Crippen LogP) is 4.28. The fourth-order valence-electron chi connectivity index (χ4n) is 3.43. The first-order chi connectivity index (χ1) is 17.0. The smallest absolute Gasteiger partial charge is 0.359 e. The van der Waals surface area contributed by atoms with Crippen LogP contribution in [-0.4, -0.2) is 42.0 Å². The highest BCUT2D eigenvalue weighted by molar-refractivity contribution is 7.16. The molecular weight excluding hydrogens is 470 g/mol. The van der Waals surface area contributed by atoms with Gasteiger partial charge < -0.3 is 19.5 Å². The minimum atomic E-state index is -0.665. The van der Waals surface area contributed by atoms with E-state index in [2.05, 4.69) is 10.4 Å². The lowest BCUT2D eigenvalue weighted by molar-refractivity contribution is 0.0520. The minimum absolute atomic E-state index is 0.0184. The molecule has 9 nitrogen and oxygen atoms in total. The van der Waals surface area contributed by atoms with Gasteiger partial charge in [0.15, 0.2) is 5.69 Å². The molecule has 0 bridgehead atoms. The molecule has 4 aromatic rings. The molecule has 1 amide bonds. The number of fused-ring (bicyclic) bond motifs is 1. The summed E-state index contributed by atoms with van der Waals surface area (Å²) in [5, 5.41) is 9.48. The van der Waals surface area contributed by atoms with E-state index in [1.165, 1.54) is 7.11 Å². The second-order valence-electron chi connectivity index (χ2n) is 7.25. The molecule has 0 spiro atoms. The normalized spacial score (nSPS) is 10.7. The number of anilines is 1. The summed E-state index contributed by atoms with van der Waals surface area (Å²) in [6, 6.07) is 13.3. The molecule has 35 heavy (non-hydrogen) atoms. The van der Waals surface area contributed by atoms with Gasteiger partial charge in [-0.2, -0.15) is 9.78 Å². The van der Waals surface area contributed by atoms with Crippen molar-refractivity contribution < 1.29 is 23.8 Å². The van der Waals surface area contributed by atoms with Crippen LogP contribution in [0.3, 0.4) is 0 Å². The Labute approximate surface area is 204 Å². The molecule has 0 aliphatic carbocycles. The zero-order chi connectivity index (χ0) is 24.9. The van der Waals surface area contributed by atoms with Gasteiger partial charge in [-0.15, -0.1) is 11.3 Å². The van der Waals surface area contributed by atoms with Crippen LogP contribution >= 0.6 is 11.3 Å². The molecule has 0 atom stereocenters. The van der Waals surface area contributed by atoms with Crippen LogP contribution in [0.4, 0.5) is 5.00 Å². The van der Waals surface area contributed by atoms with Crippen LogP contribution in [0.25, 0.3) is 16.5 Å². The van der Waals surface area contributed by atoms with Crippen molar-refractivity contribution >= 4 is 39.0 Å². The third kappa shape index (κ3) is 4.87. The maximum absolute atomic E-state index is 13.5. The summed E-state index contributed by atoms with van der Waals surface area (Å²) < 4.78 is 16.9. The van der Waals surface area contributed by atoms with E-state index in [0.29, 0.717) is 39.7 Å². The summed E-state index contributed by atoms with van der Waals surface area (Å²) in [5.74, 6) is 0.189. The Morgan fingerprint density at radius 2 is 1.69 bits per heavy atom. The number of aromatic nitrogens is 2. The van der Waals surface area contributed by atoms with E-state index in [9.17, 15) is 14.4 Å². The van der Waals surface area contributed by atoms with E-state index in [4.69, 9.17) is 14.2 Å². The van der Waals surface area contributed by atoms with Gasteiger partial charge in [-0.25, -0.2) is 4.79 Å². The molecule has 0 aliphatic rings. The van der Waals surface area contributed by atoms with Gasteiger partial charge >= 0.3 is 5.97 Å². The van der Waals surface area contributed by atoms with Crippen LogP contribution < -0.4 is 20.3 Å². The highest BCUT2D eigenvalue weighted by Gasteiger charge is 2.23. The first-order valence-corrected chi connectivity index (χ1v) is 11.7. The Hall–Kier alpha value is -4.18. The predicted molar refractivity (Wildman–Crippen MR) is 133 cm³/mol. The van der Waals surface area contributed by atoms with Gasteiger partial charge in [0, 0.05) is 16.3 Å². The van der Waals surface area contributed by atoms with E-state index in [-0.39, 0.29) is 17.7 Å². The average molecular weight is 494 g/mol. The van der Waals surface area contributed by atoms with E-state index < -0.39 is 17.4 Å². The lowest BCUT2D eigenvalue weighted by Gasteiger charge is -2.10. The number of carbonyl (C=O) groups excluding carboxylic acids is 2. The summed E-state index contributed by atoms with van der Waals surface area (Å²) in [5.41, 5.74) is 0.319. The van der Waals surface area contributed by atoms with Crippen LogP contribution in [0, 0.1) is 0 Å². The van der Waals surface area contributed by atoms with Crippen LogP contribution in [0.15, 0.2) is 58.7 Å². The molecule has 1 N–H and O–H groups in total. The zero-order valence-electron chi connectivity index (χ0n) is 19.4. The number of carbonyl (C=O) groups is 2. The van der Waals surface area contributed by atoms with Crippen molar-refractivity contribution in [1.29, 1.82) is 0 Å². The second kappa shape index (κ2) is 10.4. The van der Waals surface area contributed by atoms with Crippen LogP contribution in [0.1, 0.15) is 34.7 Å².